The minimum Gasteiger partial charge on any atom is -0.464 e. The van der Waals surface area contributed by atoms with Crippen molar-refractivity contribution in [3.05, 3.63) is 69.7 Å². The largest absolute Gasteiger partial charge is 0.464 e. The van der Waals surface area contributed by atoms with Crippen LogP contribution in [0.1, 0.15) is 27.0 Å². The Kier molecular flexibility index (Phi) is 4.95. The molecule has 0 radical (unpaired) electrons. The molecule has 2 N–H and O–H groups in total. The van der Waals surface area contributed by atoms with Gasteiger partial charge in [0.1, 0.15) is 11.4 Å². The van der Waals surface area contributed by atoms with E-state index in [1.165, 1.54) is 30.5 Å². The maximum atomic E-state index is 13.6. The molecule has 0 aliphatic rings. The van der Waals surface area contributed by atoms with Crippen LogP contribution in [0.2, 0.25) is 5.02 Å². The third-order valence-electron chi connectivity index (χ3n) is 4.08. The van der Waals surface area contributed by atoms with Crippen molar-refractivity contribution < 1.29 is 18.4 Å². The normalized spacial score (nSPS) is 10.8. The topological polar surface area (TPSA) is 71.3 Å². The van der Waals surface area contributed by atoms with Crippen LogP contribution in [0, 0.1) is 19.7 Å². The van der Waals surface area contributed by atoms with E-state index >= 15 is 0 Å². The van der Waals surface area contributed by atoms with Crippen LogP contribution < -0.4 is 10.9 Å². The summed E-state index contributed by atoms with van der Waals surface area (Å²) in [5, 5.41) is 1.39. The number of aryl methyl sites for hydroxylation is 2. The lowest BCUT2D eigenvalue weighted by atomic mass is 10.0. The fraction of sp³-hybridized carbons (Fsp3) is 0.158. The van der Waals surface area contributed by atoms with Gasteiger partial charge in [0, 0.05) is 16.0 Å². The standard InChI is InChI=1S/C19H16ClFN2O3/c1-10-7-15-17(11(2)18(10)20)12(9-26-15)8-16(24)22-23-19(25)13-5-3-4-6-14(13)21/h3-7,9H,8H2,1-2H3,(H,22,24)(H,23,25). The highest BCUT2D eigenvalue weighted by atomic mass is 35.5. The summed E-state index contributed by atoms with van der Waals surface area (Å²) >= 11 is 6.27. The van der Waals surface area contributed by atoms with Gasteiger partial charge in [-0.05, 0) is 43.2 Å². The van der Waals surface area contributed by atoms with Gasteiger partial charge in [0.05, 0.1) is 18.2 Å². The van der Waals surface area contributed by atoms with Crippen molar-refractivity contribution in [2.75, 3.05) is 0 Å². The van der Waals surface area contributed by atoms with Crippen molar-refractivity contribution in [2.24, 2.45) is 0 Å². The van der Waals surface area contributed by atoms with E-state index < -0.39 is 17.6 Å². The summed E-state index contributed by atoms with van der Waals surface area (Å²) in [5.74, 6) is -1.86. The molecule has 0 aliphatic carbocycles. The zero-order chi connectivity index (χ0) is 18.8. The highest BCUT2D eigenvalue weighted by Crippen LogP contribution is 2.32. The van der Waals surface area contributed by atoms with Crippen LogP contribution in [0.4, 0.5) is 4.39 Å². The minimum absolute atomic E-state index is 0.0230. The summed E-state index contributed by atoms with van der Waals surface area (Å²) in [4.78, 5) is 24.1. The van der Waals surface area contributed by atoms with Crippen molar-refractivity contribution in [3.8, 4) is 0 Å². The molecule has 1 aromatic heterocycles. The fourth-order valence-corrected chi connectivity index (χ4v) is 2.94. The zero-order valence-corrected chi connectivity index (χ0v) is 14.9. The predicted molar refractivity (Wildman–Crippen MR) is 96.4 cm³/mol. The third-order valence-corrected chi connectivity index (χ3v) is 4.66. The highest BCUT2D eigenvalue weighted by Gasteiger charge is 2.17. The number of furan rings is 1. The summed E-state index contributed by atoms with van der Waals surface area (Å²) in [6.45, 7) is 3.73. The van der Waals surface area contributed by atoms with Gasteiger partial charge in [-0.3, -0.25) is 20.4 Å². The Labute approximate surface area is 154 Å². The number of nitrogens with one attached hydrogen (secondary N) is 2. The van der Waals surface area contributed by atoms with Gasteiger partial charge in [0.25, 0.3) is 5.91 Å². The quantitative estimate of drug-likeness (QED) is 0.684. The second-order valence-electron chi connectivity index (χ2n) is 5.93. The average Bonchev–Trinajstić information content (AvgIpc) is 3.00. The number of benzene rings is 2. The van der Waals surface area contributed by atoms with Gasteiger partial charge >= 0.3 is 0 Å². The van der Waals surface area contributed by atoms with Gasteiger partial charge in [-0.2, -0.15) is 0 Å². The zero-order valence-electron chi connectivity index (χ0n) is 14.2. The first-order valence-electron chi connectivity index (χ1n) is 7.88. The average molecular weight is 375 g/mol. The lowest BCUT2D eigenvalue weighted by molar-refractivity contribution is -0.121. The van der Waals surface area contributed by atoms with Gasteiger partial charge in [0.2, 0.25) is 5.91 Å². The van der Waals surface area contributed by atoms with E-state index in [1.54, 1.807) is 0 Å². The SMILES string of the molecule is Cc1cc2occ(CC(=O)NNC(=O)c3ccccc3F)c2c(C)c1Cl. The molecular formula is C19H16ClFN2O3. The third kappa shape index (κ3) is 3.41. The molecule has 5 nitrogen and oxygen atoms in total. The van der Waals surface area contributed by atoms with Crippen LogP contribution in [0.25, 0.3) is 11.0 Å². The van der Waals surface area contributed by atoms with Crippen LogP contribution in [0.5, 0.6) is 0 Å². The first-order chi connectivity index (χ1) is 12.4. The molecule has 0 unspecified atom stereocenters. The number of hydrogen-bond acceptors (Lipinski definition) is 3. The highest BCUT2D eigenvalue weighted by molar-refractivity contribution is 6.33. The van der Waals surface area contributed by atoms with Crippen LogP contribution >= 0.6 is 11.6 Å². The molecule has 0 spiro atoms. The number of carbonyl (C=O) groups is 2. The maximum Gasteiger partial charge on any atom is 0.272 e. The van der Waals surface area contributed by atoms with Gasteiger partial charge in [0.15, 0.2) is 0 Å². The molecule has 26 heavy (non-hydrogen) atoms. The Morgan fingerprint density at radius 1 is 1.19 bits per heavy atom. The van der Waals surface area contributed by atoms with Gasteiger partial charge < -0.3 is 4.42 Å². The molecule has 0 atom stereocenters. The van der Waals surface area contributed by atoms with E-state index in [4.69, 9.17) is 16.0 Å². The molecule has 2 amide bonds. The van der Waals surface area contributed by atoms with Gasteiger partial charge in [-0.15, -0.1) is 0 Å². The van der Waals surface area contributed by atoms with E-state index in [9.17, 15) is 14.0 Å². The summed E-state index contributed by atoms with van der Waals surface area (Å²) in [7, 11) is 0. The van der Waals surface area contributed by atoms with Crippen LogP contribution in [-0.2, 0) is 11.2 Å². The van der Waals surface area contributed by atoms with Crippen LogP contribution in [0.3, 0.4) is 0 Å². The van der Waals surface area contributed by atoms with E-state index in [0.717, 1.165) is 16.5 Å². The van der Waals surface area contributed by atoms with E-state index in [2.05, 4.69) is 10.9 Å². The second-order valence-corrected chi connectivity index (χ2v) is 6.30. The summed E-state index contributed by atoms with van der Waals surface area (Å²) in [5.41, 5.74) is 7.33. The number of halogens is 2. The number of fused-ring (bicyclic) bond motifs is 1. The number of amides is 2. The fourth-order valence-electron chi connectivity index (χ4n) is 2.79. The second kappa shape index (κ2) is 7.17. The van der Waals surface area contributed by atoms with Gasteiger partial charge in [-0.25, -0.2) is 4.39 Å². The molecule has 1 heterocycles. The Morgan fingerprint density at radius 2 is 1.92 bits per heavy atom. The molecule has 0 aliphatic heterocycles. The molecule has 0 fully saturated rings. The monoisotopic (exact) mass is 374 g/mol. The van der Waals surface area contributed by atoms with Crippen LogP contribution in [0.15, 0.2) is 41.0 Å². The molecule has 134 valence electrons. The molecule has 0 bridgehead atoms. The summed E-state index contributed by atoms with van der Waals surface area (Å²) in [6.07, 6.45) is 1.47. The van der Waals surface area contributed by atoms with E-state index in [0.29, 0.717) is 16.2 Å². The molecule has 2 aromatic carbocycles. The minimum atomic E-state index is -0.733. The molecule has 3 aromatic rings. The molecule has 7 heteroatoms. The van der Waals surface area contributed by atoms with Crippen molar-refractivity contribution in [1.82, 2.24) is 10.9 Å². The molecule has 3 rings (SSSR count). The molecular weight excluding hydrogens is 359 g/mol. The predicted octanol–water partition coefficient (Wildman–Crippen LogP) is 3.85. The number of hydrazine groups is 1. The summed E-state index contributed by atoms with van der Waals surface area (Å²) in [6, 6.07) is 7.32. The first-order valence-corrected chi connectivity index (χ1v) is 8.25. The Morgan fingerprint density at radius 3 is 2.65 bits per heavy atom. The smallest absolute Gasteiger partial charge is 0.272 e. The van der Waals surface area contributed by atoms with E-state index in [-0.39, 0.29) is 12.0 Å². The van der Waals surface area contributed by atoms with Crippen LogP contribution in [-0.4, -0.2) is 11.8 Å². The van der Waals surface area contributed by atoms with E-state index in [1.807, 2.05) is 19.9 Å². The molecule has 0 saturated carbocycles. The molecule has 0 saturated heterocycles. The lowest BCUT2D eigenvalue weighted by Crippen LogP contribution is -2.42. The maximum absolute atomic E-state index is 13.6. The van der Waals surface area contributed by atoms with Crippen molar-refractivity contribution in [1.29, 1.82) is 0 Å². The number of carbonyl (C=O) groups excluding carboxylic acids is 2. The van der Waals surface area contributed by atoms with Crippen molar-refractivity contribution in [2.45, 2.75) is 20.3 Å². The number of rotatable bonds is 3. The van der Waals surface area contributed by atoms with Crippen molar-refractivity contribution in [3.63, 3.8) is 0 Å². The number of hydrogen-bond donors (Lipinski definition) is 2. The summed E-state index contributed by atoms with van der Waals surface area (Å²) < 4.78 is 19.1. The van der Waals surface area contributed by atoms with Crippen molar-refractivity contribution >= 4 is 34.4 Å². The Hall–Kier alpha value is -2.86. The Balaban J connectivity index is 1.71. The first kappa shape index (κ1) is 17.9. The lowest BCUT2D eigenvalue weighted by Gasteiger charge is -2.08. The Bertz CT molecular complexity index is 1010. The van der Waals surface area contributed by atoms with Gasteiger partial charge in [-0.1, -0.05) is 23.7 Å².